The lowest BCUT2D eigenvalue weighted by molar-refractivity contribution is 0.0600. The second kappa shape index (κ2) is 7.99. The van der Waals surface area contributed by atoms with Crippen LogP contribution in [0.3, 0.4) is 0 Å². The Balaban J connectivity index is 1.65. The van der Waals surface area contributed by atoms with Gasteiger partial charge in [-0.15, -0.1) is 0 Å². The van der Waals surface area contributed by atoms with Crippen molar-refractivity contribution < 1.29 is 23.5 Å². The minimum atomic E-state index is -0.706. The highest BCUT2D eigenvalue weighted by Gasteiger charge is 2.17. The van der Waals surface area contributed by atoms with Crippen LogP contribution in [0.1, 0.15) is 46.4 Å². The number of hydrogen-bond donors (Lipinski definition) is 1. The molecular weight excluding hydrogens is 337 g/mol. The maximum atomic E-state index is 14.1. The number of hydrogen-bond acceptors (Lipinski definition) is 4. The van der Waals surface area contributed by atoms with E-state index in [9.17, 15) is 14.0 Å². The van der Waals surface area contributed by atoms with Crippen LogP contribution >= 0.6 is 0 Å². The van der Waals surface area contributed by atoms with Crippen molar-refractivity contribution in [2.24, 2.45) is 0 Å². The van der Waals surface area contributed by atoms with Gasteiger partial charge in [0, 0.05) is 5.56 Å². The molecule has 0 unspecified atom stereocenters. The Labute approximate surface area is 151 Å². The third kappa shape index (κ3) is 4.20. The van der Waals surface area contributed by atoms with E-state index in [1.165, 1.54) is 32.1 Å². The van der Waals surface area contributed by atoms with E-state index in [0.29, 0.717) is 5.56 Å². The number of rotatable bonds is 5. The quantitative estimate of drug-likeness (QED) is 0.815. The van der Waals surface area contributed by atoms with E-state index in [1.54, 1.807) is 24.3 Å². The number of esters is 1. The number of methoxy groups -OCH3 is 1. The van der Waals surface area contributed by atoms with Crippen LogP contribution in [-0.2, 0) is 4.74 Å². The molecule has 1 saturated carbocycles. The van der Waals surface area contributed by atoms with Crippen LogP contribution in [-0.4, -0.2) is 25.1 Å². The van der Waals surface area contributed by atoms with Crippen molar-refractivity contribution in [1.82, 2.24) is 0 Å². The Hall–Kier alpha value is -2.89. The van der Waals surface area contributed by atoms with E-state index in [-0.39, 0.29) is 17.4 Å². The molecule has 0 aliphatic heterocycles. The Morgan fingerprint density at radius 1 is 1.04 bits per heavy atom. The first-order valence-electron chi connectivity index (χ1n) is 8.53. The Morgan fingerprint density at radius 3 is 2.31 bits per heavy atom. The monoisotopic (exact) mass is 357 g/mol. The summed E-state index contributed by atoms with van der Waals surface area (Å²) in [5.74, 6) is -1.06. The maximum absolute atomic E-state index is 14.1. The summed E-state index contributed by atoms with van der Waals surface area (Å²) in [4.78, 5) is 23.7. The Bertz CT molecular complexity index is 798. The molecule has 1 amide bonds. The van der Waals surface area contributed by atoms with Crippen LogP contribution < -0.4 is 10.1 Å². The molecule has 136 valence electrons. The molecule has 2 aromatic rings. The molecule has 0 bridgehead atoms. The van der Waals surface area contributed by atoms with Gasteiger partial charge < -0.3 is 14.8 Å². The Morgan fingerprint density at radius 2 is 1.69 bits per heavy atom. The first-order valence-corrected chi connectivity index (χ1v) is 8.53. The number of carbonyl (C=O) groups excluding carboxylic acids is 2. The van der Waals surface area contributed by atoms with Gasteiger partial charge in [-0.1, -0.05) is 0 Å². The number of nitrogens with one attached hydrogen (secondary N) is 1. The van der Waals surface area contributed by atoms with Crippen molar-refractivity contribution in [2.75, 3.05) is 12.4 Å². The summed E-state index contributed by atoms with van der Waals surface area (Å²) in [6, 6.07) is 10.5. The first kappa shape index (κ1) is 17.9. The standard InChI is InChI=1S/C20H20FNO4/c1-25-20(24)14-8-11-18(17(21)12-14)22-19(23)13-6-9-16(10-7-13)26-15-4-2-3-5-15/h6-12,15H,2-5H2,1H3,(H,22,23). The normalized spacial score (nSPS) is 14.1. The number of amides is 1. The molecule has 0 heterocycles. The lowest BCUT2D eigenvalue weighted by Crippen LogP contribution is -2.14. The molecule has 0 saturated heterocycles. The molecule has 0 aromatic heterocycles. The fourth-order valence-corrected chi connectivity index (χ4v) is 2.94. The number of anilines is 1. The fourth-order valence-electron chi connectivity index (χ4n) is 2.94. The lowest BCUT2D eigenvalue weighted by Gasteiger charge is -2.13. The average Bonchev–Trinajstić information content (AvgIpc) is 3.16. The van der Waals surface area contributed by atoms with E-state index < -0.39 is 17.7 Å². The summed E-state index contributed by atoms with van der Waals surface area (Å²) < 4.78 is 24.5. The fraction of sp³-hybridized carbons (Fsp3) is 0.300. The lowest BCUT2D eigenvalue weighted by atomic mass is 10.1. The second-order valence-corrected chi connectivity index (χ2v) is 6.19. The number of halogens is 1. The second-order valence-electron chi connectivity index (χ2n) is 6.19. The van der Waals surface area contributed by atoms with E-state index >= 15 is 0 Å². The molecule has 6 heteroatoms. The molecule has 5 nitrogen and oxygen atoms in total. The van der Waals surface area contributed by atoms with Crippen molar-refractivity contribution in [1.29, 1.82) is 0 Å². The summed E-state index contributed by atoms with van der Waals surface area (Å²) in [5.41, 5.74) is 0.463. The highest BCUT2D eigenvalue weighted by molar-refractivity contribution is 6.04. The molecule has 2 aromatic carbocycles. The van der Waals surface area contributed by atoms with Gasteiger partial charge in [0.1, 0.15) is 11.6 Å². The molecule has 0 spiro atoms. The van der Waals surface area contributed by atoms with Crippen LogP contribution in [0.5, 0.6) is 5.75 Å². The van der Waals surface area contributed by atoms with E-state index in [1.807, 2.05) is 0 Å². The molecule has 0 radical (unpaired) electrons. The van der Waals surface area contributed by atoms with Crippen LogP contribution in [0.25, 0.3) is 0 Å². The smallest absolute Gasteiger partial charge is 0.337 e. The van der Waals surface area contributed by atoms with E-state index in [4.69, 9.17) is 4.74 Å². The van der Waals surface area contributed by atoms with Gasteiger partial charge >= 0.3 is 5.97 Å². The van der Waals surface area contributed by atoms with Crippen molar-refractivity contribution >= 4 is 17.6 Å². The number of ether oxygens (including phenoxy) is 2. The van der Waals surface area contributed by atoms with Gasteiger partial charge in [-0.2, -0.15) is 0 Å². The third-order valence-corrected chi connectivity index (χ3v) is 4.36. The predicted octanol–water partition coefficient (Wildman–Crippen LogP) is 4.19. The number of benzene rings is 2. The van der Waals surface area contributed by atoms with Gasteiger partial charge in [0.2, 0.25) is 0 Å². The molecule has 1 fully saturated rings. The maximum Gasteiger partial charge on any atom is 0.337 e. The first-order chi connectivity index (χ1) is 12.6. The summed E-state index contributed by atoms with van der Waals surface area (Å²) in [6.07, 6.45) is 4.74. The molecule has 3 rings (SSSR count). The molecule has 0 atom stereocenters. The topological polar surface area (TPSA) is 64.6 Å². The highest BCUT2D eigenvalue weighted by Crippen LogP contribution is 2.24. The van der Waals surface area contributed by atoms with Gasteiger partial charge in [-0.3, -0.25) is 4.79 Å². The summed E-state index contributed by atoms with van der Waals surface area (Å²) in [5, 5.41) is 2.50. The zero-order chi connectivity index (χ0) is 18.5. The van der Waals surface area contributed by atoms with Crippen LogP contribution in [0.4, 0.5) is 10.1 Å². The van der Waals surface area contributed by atoms with E-state index in [2.05, 4.69) is 10.1 Å². The van der Waals surface area contributed by atoms with Gasteiger partial charge in [0.25, 0.3) is 5.91 Å². The molecule has 1 N–H and O–H groups in total. The van der Waals surface area contributed by atoms with Crippen molar-refractivity contribution in [3.05, 3.63) is 59.4 Å². The van der Waals surface area contributed by atoms with Gasteiger partial charge in [-0.25, -0.2) is 9.18 Å². The third-order valence-electron chi connectivity index (χ3n) is 4.36. The van der Waals surface area contributed by atoms with Crippen LogP contribution in [0.15, 0.2) is 42.5 Å². The molecule has 26 heavy (non-hydrogen) atoms. The van der Waals surface area contributed by atoms with Crippen molar-refractivity contribution in [3.63, 3.8) is 0 Å². The van der Waals surface area contributed by atoms with E-state index in [0.717, 1.165) is 24.7 Å². The van der Waals surface area contributed by atoms with Crippen LogP contribution in [0, 0.1) is 5.82 Å². The van der Waals surface area contributed by atoms with Crippen LogP contribution in [0.2, 0.25) is 0 Å². The SMILES string of the molecule is COC(=O)c1ccc(NC(=O)c2ccc(OC3CCCC3)cc2)c(F)c1. The van der Waals surface area contributed by atoms with Crippen molar-refractivity contribution in [3.8, 4) is 5.75 Å². The largest absolute Gasteiger partial charge is 0.490 e. The van der Waals surface area contributed by atoms with Crippen molar-refractivity contribution in [2.45, 2.75) is 31.8 Å². The minimum Gasteiger partial charge on any atom is -0.490 e. The highest BCUT2D eigenvalue weighted by atomic mass is 19.1. The summed E-state index contributed by atoms with van der Waals surface area (Å²) in [6.45, 7) is 0. The van der Waals surface area contributed by atoms with Gasteiger partial charge in [0.15, 0.2) is 0 Å². The molecular formula is C20H20FNO4. The average molecular weight is 357 g/mol. The predicted molar refractivity (Wildman–Crippen MR) is 95.0 cm³/mol. The summed E-state index contributed by atoms with van der Waals surface area (Å²) in [7, 11) is 1.22. The van der Waals surface area contributed by atoms with Gasteiger partial charge in [-0.05, 0) is 68.1 Å². The molecule has 1 aliphatic carbocycles. The molecule has 1 aliphatic rings. The summed E-state index contributed by atoms with van der Waals surface area (Å²) >= 11 is 0. The number of carbonyl (C=O) groups is 2. The zero-order valence-electron chi connectivity index (χ0n) is 14.5. The zero-order valence-corrected chi connectivity index (χ0v) is 14.5. The Kier molecular flexibility index (Phi) is 5.51. The van der Waals surface area contributed by atoms with Gasteiger partial charge in [0.05, 0.1) is 24.5 Å². The minimum absolute atomic E-state index is 0.00562.